The van der Waals surface area contributed by atoms with Gasteiger partial charge in [0.2, 0.25) is 0 Å². The first-order valence-electron chi connectivity index (χ1n) is 14.6. The highest BCUT2D eigenvalue weighted by atomic mass is 35.6. The Morgan fingerprint density at radius 3 is 1.03 bits per heavy atom. The molecule has 0 amide bonds. The summed E-state index contributed by atoms with van der Waals surface area (Å²) in [4.78, 5) is 0. The lowest BCUT2D eigenvalue weighted by Gasteiger charge is -2.24. The van der Waals surface area contributed by atoms with Crippen LogP contribution in [0.25, 0.3) is 0 Å². The van der Waals surface area contributed by atoms with Crippen LogP contribution in [-0.4, -0.2) is 21.1 Å². The maximum Gasteiger partial charge on any atom is 0.443 e. The van der Waals surface area contributed by atoms with Crippen LogP contribution in [0.5, 0.6) is 0 Å². The summed E-state index contributed by atoms with van der Waals surface area (Å²) in [6.45, 7) is 8.40. The molecule has 4 heteroatoms. The van der Waals surface area contributed by atoms with Crippen molar-refractivity contribution < 1.29 is 8.85 Å². The van der Waals surface area contributed by atoms with E-state index in [1.54, 1.807) is 0 Å². The fraction of sp³-hybridized carbons (Fsp3) is 1.00. The van der Waals surface area contributed by atoms with E-state index in [0.717, 1.165) is 32.1 Å². The summed E-state index contributed by atoms with van der Waals surface area (Å²) < 4.78 is 12.5. The molecular weight excluding hydrogens is 432 g/mol. The van der Waals surface area contributed by atoms with Crippen LogP contribution in [0, 0.1) is 0 Å². The molecular formula is C28H59ClO2Si. The predicted octanol–water partition coefficient (Wildman–Crippen LogP) is 10.8. The molecule has 0 heterocycles. The van der Waals surface area contributed by atoms with Crippen molar-refractivity contribution in [1.29, 1.82) is 0 Å². The van der Waals surface area contributed by atoms with Gasteiger partial charge in [0.25, 0.3) is 0 Å². The summed E-state index contributed by atoms with van der Waals surface area (Å²) in [6.07, 6.45) is 29.0. The van der Waals surface area contributed by atoms with E-state index < -0.39 is 7.87 Å². The molecule has 0 unspecified atom stereocenters. The van der Waals surface area contributed by atoms with Crippen molar-refractivity contribution in [2.24, 2.45) is 0 Å². The van der Waals surface area contributed by atoms with E-state index >= 15 is 0 Å². The standard InChI is InChI=1S/C28H59ClO2Si/c1-4-7-10-13-16-17-18-19-22-25-28-32(29,30-26-23-20-14-11-8-5-2)31-27-24-21-15-12-9-6-3/h4-28H2,1-3H3. The van der Waals surface area contributed by atoms with Crippen LogP contribution in [0.4, 0.5) is 0 Å². The average molecular weight is 491 g/mol. The van der Waals surface area contributed by atoms with Crippen LogP contribution in [-0.2, 0) is 8.85 Å². The van der Waals surface area contributed by atoms with E-state index in [1.165, 1.54) is 128 Å². The van der Waals surface area contributed by atoms with E-state index in [-0.39, 0.29) is 0 Å². The van der Waals surface area contributed by atoms with Gasteiger partial charge in [0.1, 0.15) is 0 Å². The van der Waals surface area contributed by atoms with E-state index in [4.69, 9.17) is 19.9 Å². The maximum atomic E-state index is 6.97. The molecule has 0 saturated carbocycles. The van der Waals surface area contributed by atoms with Crippen molar-refractivity contribution in [3.8, 4) is 0 Å². The Hall–Kier alpha value is 0.427. The number of hydrogen-bond acceptors (Lipinski definition) is 2. The zero-order valence-electron chi connectivity index (χ0n) is 22.4. The molecule has 0 N–H and O–H groups in total. The smallest absolute Gasteiger partial charge is 0.383 e. The minimum absolute atomic E-state index is 0.788. The Morgan fingerprint density at radius 1 is 0.406 bits per heavy atom. The molecule has 0 aromatic heterocycles. The molecule has 0 radical (unpaired) electrons. The van der Waals surface area contributed by atoms with Crippen LogP contribution >= 0.6 is 11.1 Å². The average Bonchev–Trinajstić information content (AvgIpc) is 2.79. The van der Waals surface area contributed by atoms with Gasteiger partial charge in [-0.05, 0) is 12.8 Å². The van der Waals surface area contributed by atoms with E-state index in [0.29, 0.717) is 0 Å². The van der Waals surface area contributed by atoms with Crippen LogP contribution in [0.15, 0.2) is 0 Å². The summed E-state index contributed by atoms with van der Waals surface area (Å²) in [5.74, 6) is 0. The van der Waals surface area contributed by atoms with Gasteiger partial charge < -0.3 is 8.85 Å². The monoisotopic (exact) mass is 490 g/mol. The largest absolute Gasteiger partial charge is 0.443 e. The third-order valence-corrected chi connectivity index (χ3v) is 9.90. The lowest BCUT2D eigenvalue weighted by molar-refractivity contribution is 0.178. The second-order valence-electron chi connectivity index (χ2n) is 9.82. The normalized spacial score (nSPS) is 12.0. The number of halogens is 1. The van der Waals surface area contributed by atoms with E-state index in [2.05, 4.69) is 20.8 Å². The Morgan fingerprint density at radius 2 is 0.688 bits per heavy atom. The second kappa shape index (κ2) is 26.0. The van der Waals surface area contributed by atoms with Crippen LogP contribution in [0.3, 0.4) is 0 Å². The summed E-state index contributed by atoms with van der Waals surface area (Å²) in [6, 6.07) is 0.955. The molecule has 0 bridgehead atoms. The molecule has 0 aliphatic carbocycles. The summed E-state index contributed by atoms with van der Waals surface area (Å²) in [7, 11) is -2.52. The molecule has 0 fully saturated rings. The van der Waals surface area contributed by atoms with Gasteiger partial charge in [0, 0.05) is 19.3 Å². The summed E-state index contributed by atoms with van der Waals surface area (Å²) >= 11 is 6.97. The zero-order valence-corrected chi connectivity index (χ0v) is 24.1. The molecule has 0 saturated heterocycles. The Labute approximate surface area is 208 Å². The molecule has 0 aromatic carbocycles. The predicted molar refractivity (Wildman–Crippen MR) is 147 cm³/mol. The minimum atomic E-state index is -2.52. The fourth-order valence-electron chi connectivity index (χ4n) is 4.22. The Balaban J connectivity index is 4.01. The number of unbranched alkanes of at least 4 members (excludes halogenated alkanes) is 19. The van der Waals surface area contributed by atoms with E-state index in [9.17, 15) is 0 Å². The molecule has 32 heavy (non-hydrogen) atoms. The molecule has 0 rings (SSSR count). The molecule has 0 atom stereocenters. The van der Waals surface area contributed by atoms with Crippen molar-refractivity contribution in [1.82, 2.24) is 0 Å². The first-order valence-corrected chi connectivity index (χ1v) is 17.7. The first-order chi connectivity index (χ1) is 15.7. The van der Waals surface area contributed by atoms with Crippen molar-refractivity contribution in [2.75, 3.05) is 13.2 Å². The van der Waals surface area contributed by atoms with Gasteiger partial charge in [-0.3, -0.25) is 0 Å². The SMILES string of the molecule is CCCCCCCCCCCC[Si](Cl)(OCCCCCCCC)OCCCCCCCC. The number of rotatable bonds is 27. The molecule has 0 aromatic rings. The van der Waals surface area contributed by atoms with Crippen molar-refractivity contribution in [2.45, 2.75) is 168 Å². The zero-order chi connectivity index (χ0) is 23.6. The van der Waals surface area contributed by atoms with Crippen LogP contribution in [0.1, 0.15) is 162 Å². The highest BCUT2D eigenvalue weighted by Gasteiger charge is 2.35. The van der Waals surface area contributed by atoms with Gasteiger partial charge in [-0.15, -0.1) is 0 Å². The van der Waals surface area contributed by atoms with Crippen LogP contribution in [0.2, 0.25) is 6.04 Å². The van der Waals surface area contributed by atoms with E-state index in [1.807, 2.05) is 0 Å². The van der Waals surface area contributed by atoms with Gasteiger partial charge in [0.15, 0.2) is 0 Å². The third-order valence-electron chi connectivity index (χ3n) is 6.46. The highest BCUT2D eigenvalue weighted by Crippen LogP contribution is 2.24. The van der Waals surface area contributed by atoms with Crippen molar-refractivity contribution >= 4 is 18.9 Å². The quantitative estimate of drug-likeness (QED) is 0.0646. The van der Waals surface area contributed by atoms with Crippen molar-refractivity contribution in [3.63, 3.8) is 0 Å². The first kappa shape index (κ1) is 32.4. The van der Waals surface area contributed by atoms with Crippen molar-refractivity contribution in [3.05, 3.63) is 0 Å². The molecule has 0 aliphatic rings. The minimum Gasteiger partial charge on any atom is -0.383 e. The lowest BCUT2D eigenvalue weighted by Crippen LogP contribution is -2.36. The molecule has 2 nitrogen and oxygen atoms in total. The van der Waals surface area contributed by atoms with Gasteiger partial charge in [-0.1, -0.05) is 160 Å². The maximum absolute atomic E-state index is 6.97. The molecule has 194 valence electrons. The van der Waals surface area contributed by atoms with Gasteiger partial charge in [-0.25, -0.2) is 0 Å². The molecule has 0 spiro atoms. The summed E-state index contributed by atoms with van der Waals surface area (Å²) in [5, 5.41) is 0. The Bertz CT molecular complexity index is 336. The van der Waals surface area contributed by atoms with Gasteiger partial charge in [0.05, 0.1) is 0 Å². The Kier molecular flexibility index (Phi) is 26.4. The lowest BCUT2D eigenvalue weighted by atomic mass is 10.1. The van der Waals surface area contributed by atoms with Gasteiger partial charge in [-0.2, -0.15) is 0 Å². The highest BCUT2D eigenvalue weighted by molar-refractivity contribution is 7.12. The second-order valence-corrected chi connectivity index (χ2v) is 13.9. The topological polar surface area (TPSA) is 18.5 Å². The van der Waals surface area contributed by atoms with Gasteiger partial charge >= 0.3 is 7.87 Å². The van der Waals surface area contributed by atoms with Crippen LogP contribution < -0.4 is 0 Å². The molecule has 0 aliphatic heterocycles. The number of hydrogen-bond donors (Lipinski definition) is 0. The third kappa shape index (κ3) is 23.6. The summed E-state index contributed by atoms with van der Waals surface area (Å²) in [5.41, 5.74) is 0. The fourth-order valence-corrected chi connectivity index (χ4v) is 7.03.